The smallest absolute Gasteiger partial charge is 0.248 e. The molecule has 0 aliphatic heterocycles. The molecule has 1 N–H and O–H groups in total. The third-order valence-electron chi connectivity index (χ3n) is 2.94. The van der Waals surface area contributed by atoms with Crippen molar-refractivity contribution in [3.8, 4) is 6.07 Å². The van der Waals surface area contributed by atoms with E-state index >= 15 is 0 Å². The fraction of sp³-hybridized carbons (Fsp3) is 0.375. The highest BCUT2D eigenvalue weighted by Gasteiger charge is 2.18. The molecule has 0 aliphatic rings. The van der Waals surface area contributed by atoms with Gasteiger partial charge in [-0.1, -0.05) is 35.0 Å². The number of sulfone groups is 1. The van der Waals surface area contributed by atoms with Gasteiger partial charge in [-0.2, -0.15) is 5.26 Å². The molecule has 7 heteroatoms. The number of halogens is 1. The molecule has 0 heterocycles. The average Bonchev–Trinajstić information content (AvgIpc) is 2.52. The van der Waals surface area contributed by atoms with Gasteiger partial charge >= 0.3 is 0 Å². The maximum atomic E-state index is 12.2. The molecule has 0 fully saturated rings. The maximum Gasteiger partial charge on any atom is 0.248 e. The molecule has 1 amide bonds. The van der Waals surface area contributed by atoms with Crippen molar-refractivity contribution in [2.75, 3.05) is 18.1 Å². The highest BCUT2D eigenvalue weighted by atomic mass is 79.9. The van der Waals surface area contributed by atoms with E-state index in [1.165, 1.54) is 0 Å². The van der Waals surface area contributed by atoms with Gasteiger partial charge in [0.05, 0.1) is 17.6 Å². The summed E-state index contributed by atoms with van der Waals surface area (Å²) in [4.78, 5) is 12.2. The molecule has 0 saturated heterocycles. The Labute approximate surface area is 145 Å². The molecule has 0 aromatic heterocycles. The van der Waals surface area contributed by atoms with Crippen LogP contribution in [0.15, 0.2) is 34.3 Å². The van der Waals surface area contributed by atoms with Crippen molar-refractivity contribution in [3.05, 3.63) is 39.9 Å². The van der Waals surface area contributed by atoms with Crippen molar-refractivity contribution in [1.82, 2.24) is 5.32 Å². The molecule has 0 saturated carbocycles. The molecule has 0 unspecified atom stereocenters. The minimum atomic E-state index is -3.50. The van der Waals surface area contributed by atoms with Gasteiger partial charge < -0.3 is 5.32 Å². The van der Waals surface area contributed by atoms with Crippen LogP contribution < -0.4 is 5.32 Å². The van der Waals surface area contributed by atoms with Crippen LogP contribution in [0.1, 0.15) is 25.3 Å². The van der Waals surface area contributed by atoms with Crippen LogP contribution in [0, 0.1) is 11.3 Å². The van der Waals surface area contributed by atoms with E-state index in [2.05, 4.69) is 21.2 Å². The first-order valence-electron chi connectivity index (χ1n) is 7.19. The summed E-state index contributed by atoms with van der Waals surface area (Å²) in [5.41, 5.74) is 0.920. The Kier molecular flexibility index (Phi) is 8.00. The molecule has 0 radical (unpaired) electrons. The molecule has 5 nitrogen and oxygen atoms in total. The van der Waals surface area contributed by atoms with Crippen LogP contribution in [0.4, 0.5) is 0 Å². The van der Waals surface area contributed by atoms with Crippen molar-refractivity contribution in [2.45, 2.75) is 19.8 Å². The molecule has 1 aromatic carbocycles. The van der Waals surface area contributed by atoms with Crippen molar-refractivity contribution in [1.29, 1.82) is 5.26 Å². The first-order chi connectivity index (χ1) is 10.9. The third kappa shape index (κ3) is 7.44. The molecular formula is C16H19BrN2O3S. The maximum absolute atomic E-state index is 12.2. The minimum absolute atomic E-state index is 0.0789. The normalized spacial score (nSPS) is 11.8. The predicted molar refractivity (Wildman–Crippen MR) is 94.3 cm³/mol. The number of carbonyl (C=O) groups is 1. The van der Waals surface area contributed by atoms with E-state index in [4.69, 9.17) is 5.26 Å². The molecule has 0 spiro atoms. The number of nitrogens with zero attached hydrogens (tertiary/aromatic N) is 1. The summed E-state index contributed by atoms with van der Waals surface area (Å²) in [6.45, 7) is 2.40. The van der Waals surface area contributed by atoms with Gasteiger partial charge in [-0.3, -0.25) is 4.79 Å². The zero-order valence-corrected chi connectivity index (χ0v) is 15.3. The van der Waals surface area contributed by atoms with Gasteiger partial charge in [-0.25, -0.2) is 8.42 Å². The van der Waals surface area contributed by atoms with E-state index in [9.17, 15) is 13.2 Å². The summed E-state index contributed by atoms with van der Waals surface area (Å²) < 4.78 is 25.0. The lowest BCUT2D eigenvalue weighted by atomic mass is 10.1. The van der Waals surface area contributed by atoms with E-state index in [0.29, 0.717) is 6.54 Å². The number of nitriles is 1. The first-order valence-corrected chi connectivity index (χ1v) is 9.81. The highest BCUT2D eigenvalue weighted by molar-refractivity contribution is 9.10. The summed E-state index contributed by atoms with van der Waals surface area (Å²) in [5, 5.41) is 11.2. The summed E-state index contributed by atoms with van der Waals surface area (Å²) >= 11 is 3.33. The van der Waals surface area contributed by atoms with E-state index < -0.39 is 15.7 Å². The number of nitrogens with one attached hydrogen (secondary N) is 1. The Morgan fingerprint density at radius 3 is 2.57 bits per heavy atom. The van der Waals surface area contributed by atoms with Gasteiger partial charge in [-0.15, -0.1) is 0 Å². The van der Waals surface area contributed by atoms with Crippen LogP contribution in [-0.2, 0) is 14.6 Å². The standard InChI is InChI=1S/C16H19BrN2O3S/c1-2-9-19-16(20)14(12-23(21,22)10-3-8-18)11-13-4-6-15(17)7-5-13/h4-7,11H,2-3,9-10,12H2,1H3,(H,19,20)/b14-11+. The van der Waals surface area contributed by atoms with E-state index in [1.807, 2.05) is 25.1 Å². The van der Waals surface area contributed by atoms with Gasteiger partial charge in [0.15, 0.2) is 9.84 Å². The molecular weight excluding hydrogens is 380 g/mol. The summed E-state index contributed by atoms with van der Waals surface area (Å²) in [7, 11) is -3.50. The number of hydrogen-bond acceptors (Lipinski definition) is 4. The fourth-order valence-corrected chi connectivity index (χ4v) is 3.29. The van der Waals surface area contributed by atoms with Crippen LogP contribution in [0.5, 0.6) is 0 Å². The predicted octanol–water partition coefficient (Wildman–Crippen LogP) is 2.69. The zero-order chi connectivity index (χ0) is 17.3. The number of carbonyl (C=O) groups excluding carboxylic acids is 1. The molecule has 0 aliphatic carbocycles. The Bertz CT molecular complexity index is 704. The average molecular weight is 399 g/mol. The Hall–Kier alpha value is -1.65. The summed E-state index contributed by atoms with van der Waals surface area (Å²) in [6, 6.07) is 9.03. The lowest BCUT2D eigenvalue weighted by Crippen LogP contribution is -2.29. The van der Waals surface area contributed by atoms with Crippen LogP contribution in [0.25, 0.3) is 6.08 Å². The van der Waals surface area contributed by atoms with Crippen LogP contribution in [0.3, 0.4) is 0 Å². The number of hydrogen-bond donors (Lipinski definition) is 1. The Balaban J connectivity index is 3.04. The highest BCUT2D eigenvalue weighted by Crippen LogP contribution is 2.15. The number of amides is 1. The monoisotopic (exact) mass is 398 g/mol. The van der Waals surface area contributed by atoms with E-state index in [1.54, 1.807) is 18.2 Å². The molecule has 0 atom stereocenters. The van der Waals surface area contributed by atoms with Crippen LogP contribution >= 0.6 is 15.9 Å². The number of benzene rings is 1. The quantitative estimate of drug-likeness (QED) is 0.681. The SMILES string of the molecule is CCCNC(=O)/C(=C/c1ccc(Br)cc1)CS(=O)(=O)CCC#N. The van der Waals surface area contributed by atoms with Crippen molar-refractivity contribution < 1.29 is 13.2 Å². The zero-order valence-electron chi connectivity index (χ0n) is 12.9. The lowest BCUT2D eigenvalue weighted by molar-refractivity contribution is -0.117. The Morgan fingerprint density at radius 2 is 2.00 bits per heavy atom. The molecule has 1 aromatic rings. The summed E-state index contributed by atoms with van der Waals surface area (Å²) in [5.74, 6) is -1.02. The Morgan fingerprint density at radius 1 is 1.35 bits per heavy atom. The molecule has 124 valence electrons. The van der Waals surface area contributed by atoms with Gasteiger partial charge in [0.2, 0.25) is 5.91 Å². The van der Waals surface area contributed by atoms with Crippen molar-refractivity contribution in [2.24, 2.45) is 0 Å². The topological polar surface area (TPSA) is 87.0 Å². The van der Waals surface area contributed by atoms with Gasteiger partial charge in [0, 0.05) is 23.0 Å². The van der Waals surface area contributed by atoms with Crippen molar-refractivity contribution >= 4 is 37.8 Å². The lowest BCUT2D eigenvalue weighted by Gasteiger charge is -2.09. The second-order valence-corrected chi connectivity index (χ2v) is 8.08. The fourth-order valence-electron chi connectivity index (χ4n) is 1.80. The van der Waals surface area contributed by atoms with Crippen LogP contribution in [-0.4, -0.2) is 32.4 Å². The number of rotatable bonds is 8. The largest absolute Gasteiger partial charge is 0.352 e. The van der Waals surface area contributed by atoms with Gasteiger partial charge in [-0.05, 0) is 30.2 Å². The first kappa shape index (κ1) is 19.4. The van der Waals surface area contributed by atoms with Gasteiger partial charge in [0.25, 0.3) is 0 Å². The van der Waals surface area contributed by atoms with E-state index in [0.717, 1.165) is 16.5 Å². The minimum Gasteiger partial charge on any atom is -0.352 e. The molecule has 1 rings (SSSR count). The molecule has 23 heavy (non-hydrogen) atoms. The second-order valence-electron chi connectivity index (χ2n) is 4.98. The molecule has 0 bridgehead atoms. The van der Waals surface area contributed by atoms with E-state index in [-0.39, 0.29) is 23.5 Å². The third-order valence-corrected chi connectivity index (χ3v) is 5.04. The van der Waals surface area contributed by atoms with Gasteiger partial charge in [0.1, 0.15) is 0 Å². The second kappa shape index (κ2) is 9.48. The van der Waals surface area contributed by atoms with Crippen LogP contribution in [0.2, 0.25) is 0 Å². The van der Waals surface area contributed by atoms with Crippen molar-refractivity contribution in [3.63, 3.8) is 0 Å². The summed E-state index contributed by atoms with van der Waals surface area (Å²) in [6.07, 6.45) is 2.25.